The number of hydrogen-bond donors (Lipinski definition) is 0. The highest BCUT2D eigenvalue weighted by Gasteiger charge is 2.26. The third-order valence-corrected chi connectivity index (χ3v) is 4.61. The van der Waals surface area contributed by atoms with Crippen molar-refractivity contribution in [2.75, 3.05) is 38.7 Å². The van der Waals surface area contributed by atoms with Crippen molar-refractivity contribution in [3.63, 3.8) is 0 Å². The predicted octanol–water partition coefficient (Wildman–Crippen LogP) is 1.96. The summed E-state index contributed by atoms with van der Waals surface area (Å²) in [4.78, 5) is 20.9. The molecule has 0 aliphatic carbocycles. The van der Waals surface area contributed by atoms with Gasteiger partial charge in [0.1, 0.15) is 11.5 Å². The monoisotopic (exact) mass is 342 g/mol. The SMILES string of the molecule is CN(C)c1cc(CCC2CN(C(=O)c3cccn3C)CCO2)ccn1. The molecule has 1 aliphatic rings. The molecule has 1 amide bonds. The number of rotatable bonds is 5. The number of morpholine rings is 1. The number of ether oxygens (including phenoxy) is 1. The van der Waals surface area contributed by atoms with Gasteiger partial charge in [0.05, 0.1) is 12.7 Å². The van der Waals surface area contributed by atoms with Crippen LogP contribution in [-0.4, -0.2) is 60.3 Å². The molecule has 0 spiro atoms. The number of aromatic nitrogens is 2. The smallest absolute Gasteiger partial charge is 0.270 e. The van der Waals surface area contributed by atoms with E-state index in [1.807, 2.05) is 66.1 Å². The average molecular weight is 342 g/mol. The zero-order chi connectivity index (χ0) is 17.8. The normalized spacial score (nSPS) is 17.6. The van der Waals surface area contributed by atoms with Gasteiger partial charge in [-0.15, -0.1) is 0 Å². The number of anilines is 1. The lowest BCUT2D eigenvalue weighted by atomic mass is 10.1. The topological polar surface area (TPSA) is 50.6 Å². The molecule has 0 aromatic carbocycles. The van der Waals surface area contributed by atoms with E-state index in [-0.39, 0.29) is 12.0 Å². The van der Waals surface area contributed by atoms with Crippen LogP contribution in [0.5, 0.6) is 0 Å². The van der Waals surface area contributed by atoms with Crippen LogP contribution >= 0.6 is 0 Å². The van der Waals surface area contributed by atoms with Crippen molar-refractivity contribution in [2.45, 2.75) is 18.9 Å². The van der Waals surface area contributed by atoms with Gasteiger partial charge < -0.3 is 19.1 Å². The van der Waals surface area contributed by atoms with Gasteiger partial charge in [-0.3, -0.25) is 4.79 Å². The molecule has 3 rings (SSSR count). The summed E-state index contributed by atoms with van der Waals surface area (Å²) < 4.78 is 7.75. The first-order valence-electron chi connectivity index (χ1n) is 8.69. The third kappa shape index (κ3) is 4.20. The van der Waals surface area contributed by atoms with Crippen molar-refractivity contribution in [3.05, 3.63) is 47.9 Å². The summed E-state index contributed by atoms with van der Waals surface area (Å²) in [5.41, 5.74) is 1.97. The minimum atomic E-state index is 0.0777. The van der Waals surface area contributed by atoms with E-state index in [0.29, 0.717) is 19.7 Å². The highest BCUT2D eigenvalue weighted by atomic mass is 16.5. The van der Waals surface area contributed by atoms with Crippen molar-refractivity contribution in [3.8, 4) is 0 Å². The van der Waals surface area contributed by atoms with Gasteiger partial charge in [-0.2, -0.15) is 0 Å². The van der Waals surface area contributed by atoms with Gasteiger partial charge in [-0.05, 0) is 42.7 Å². The summed E-state index contributed by atoms with van der Waals surface area (Å²) in [5, 5.41) is 0. The summed E-state index contributed by atoms with van der Waals surface area (Å²) in [7, 11) is 5.88. The Kier molecular flexibility index (Phi) is 5.38. The lowest BCUT2D eigenvalue weighted by Gasteiger charge is -2.33. The van der Waals surface area contributed by atoms with E-state index < -0.39 is 0 Å². The Hall–Kier alpha value is -2.34. The fourth-order valence-electron chi connectivity index (χ4n) is 3.11. The number of hydrogen-bond acceptors (Lipinski definition) is 4. The molecule has 3 heterocycles. The molecule has 25 heavy (non-hydrogen) atoms. The number of aryl methyl sites for hydroxylation is 2. The van der Waals surface area contributed by atoms with Crippen LogP contribution in [0.1, 0.15) is 22.5 Å². The molecule has 1 saturated heterocycles. The molecule has 0 saturated carbocycles. The van der Waals surface area contributed by atoms with E-state index in [2.05, 4.69) is 11.1 Å². The van der Waals surface area contributed by atoms with E-state index >= 15 is 0 Å². The lowest BCUT2D eigenvalue weighted by molar-refractivity contribution is -0.0248. The first kappa shape index (κ1) is 17.5. The molecule has 1 unspecified atom stereocenters. The minimum Gasteiger partial charge on any atom is -0.375 e. The van der Waals surface area contributed by atoms with E-state index in [9.17, 15) is 4.79 Å². The molecule has 1 fully saturated rings. The summed E-state index contributed by atoms with van der Waals surface area (Å²) in [6, 6.07) is 7.92. The first-order chi connectivity index (χ1) is 12.0. The molecule has 0 radical (unpaired) electrons. The minimum absolute atomic E-state index is 0.0777. The maximum atomic E-state index is 12.7. The lowest BCUT2D eigenvalue weighted by Crippen LogP contribution is -2.46. The molecule has 2 aromatic rings. The average Bonchev–Trinajstić information content (AvgIpc) is 3.06. The third-order valence-electron chi connectivity index (χ3n) is 4.61. The van der Waals surface area contributed by atoms with Crippen LogP contribution in [-0.2, 0) is 18.2 Å². The van der Waals surface area contributed by atoms with Crippen LogP contribution < -0.4 is 4.90 Å². The van der Waals surface area contributed by atoms with Crippen LogP contribution in [0.2, 0.25) is 0 Å². The van der Waals surface area contributed by atoms with Crippen molar-refractivity contribution < 1.29 is 9.53 Å². The van der Waals surface area contributed by atoms with E-state index in [4.69, 9.17) is 4.74 Å². The van der Waals surface area contributed by atoms with Gasteiger partial charge in [-0.1, -0.05) is 0 Å². The molecule has 134 valence electrons. The van der Waals surface area contributed by atoms with Gasteiger partial charge in [0.2, 0.25) is 0 Å². The fraction of sp³-hybridized carbons (Fsp3) is 0.474. The molecule has 2 aromatic heterocycles. The van der Waals surface area contributed by atoms with Gasteiger partial charge in [0.15, 0.2) is 0 Å². The second-order valence-corrected chi connectivity index (χ2v) is 6.70. The van der Waals surface area contributed by atoms with Gasteiger partial charge in [0, 0.05) is 46.6 Å². The number of carbonyl (C=O) groups excluding carboxylic acids is 1. The molecular weight excluding hydrogens is 316 g/mol. The Morgan fingerprint density at radius 1 is 1.40 bits per heavy atom. The summed E-state index contributed by atoms with van der Waals surface area (Å²) in [5.74, 6) is 1.04. The number of amides is 1. The maximum Gasteiger partial charge on any atom is 0.270 e. The highest BCUT2D eigenvalue weighted by molar-refractivity contribution is 5.92. The fourth-order valence-corrected chi connectivity index (χ4v) is 3.11. The van der Waals surface area contributed by atoms with Crippen LogP contribution in [0.3, 0.4) is 0 Å². The second-order valence-electron chi connectivity index (χ2n) is 6.70. The van der Waals surface area contributed by atoms with Crippen LogP contribution in [0, 0.1) is 0 Å². The molecule has 1 aliphatic heterocycles. The Labute approximate surface area is 149 Å². The molecule has 0 bridgehead atoms. The molecule has 6 heteroatoms. The Morgan fingerprint density at radius 2 is 2.24 bits per heavy atom. The van der Waals surface area contributed by atoms with E-state index in [1.165, 1.54) is 5.56 Å². The number of carbonyl (C=O) groups is 1. The molecule has 1 atom stereocenters. The predicted molar refractivity (Wildman–Crippen MR) is 97.9 cm³/mol. The summed E-state index contributed by atoms with van der Waals surface area (Å²) >= 11 is 0. The number of nitrogens with zero attached hydrogens (tertiary/aromatic N) is 4. The first-order valence-corrected chi connectivity index (χ1v) is 8.69. The van der Waals surface area contributed by atoms with Crippen LogP contribution in [0.15, 0.2) is 36.7 Å². The van der Waals surface area contributed by atoms with E-state index in [1.54, 1.807) is 0 Å². The van der Waals surface area contributed by atoms with Crippen molar-refractivity contribution in [1.29, 1.82) is 0 Å². The van der Waals surface area contributed by atoms with Crippen molar-refractivity contribution >= 4 is 11.7 Å². The second kappa shape index (κ2) is 7.70. The summed E-state index contributed by atoms with van der Waals surface area (Å²) in [6.07, 6.45) is 5.64. The van der Waals surface area contributed by atoms with Crippen molar-refractivity contribution in [1.82, 2.24) is 14.5 Å². The van der Waals surface area contributed by atoms with Crippen LogP contribution in [0.25, 0.3) is 0 Å². The van der Waals surface area contributed by atoms with Gasteiger partial charge in [-0.25, -0.2) is 4.98 Å². The number of pyridine rings is 1. The zero-order valence-corrected chi connectivity index (χ0v) is 15.2. The molecule has 6 nitrogen and oxygen atoms in total. The highest BCUT2D eigenvalue weighted by Crippen LogP contribution is 2.17. The Morgan fingerprint density at radius 3 is 2.96 bits per heavy atom. The van der Waals surface area contributed by atoms with E-state index in [0.717, 1.165) is 24.4 Å². The standard InChI is InChI=1S/C19H26N4O2/c1-21(2)18-13-15(8-9-20-18)6-7-16-14-23(11-12-25-16)19(24)17-5-4-10-22(17)3/h4-5,8-10,13,16H,6-7,11-12,14H2,1-3H3. The molecule has 0 N–H and O–H groups in total. The molecular formula is C19H26N4O2. The van der Waals surface area contributed by atoms with Gasteiger partial charge in [0.25, 0.3) is 5.91 Å². The zero-order valence-electron chi connectivity index (χ0n) is 15.2. The maximum absolute atomic E-state index is 12.7. The van der Waals surface area contributed by atoms with Crippen molar-refractivity contribution in [2.24, 2.45) is 7.05 Å². The Bertz CT molecular complexity index is 726. The summed E-state index contributed by atoms with van der Waals surface area (Å²) in [6.45, 7) is 1.90. The Balaban J connectivity index is 1.58. The van der Waals surface area contributed by atoms with Crippen LogP contribution in [0.4, 0.5) is 5.82 Å². The van der Waals surface area contributed by atoms with Gasteiger partial charge >= 0.3 is 0 Å². The quantitative estimate of drug-likeness (QED) is 0.833. The largest absolute Gasteiger partial charge is 0.375 e.